The highest BCUT2D eigenvalue weighted by molar-refractivity contribution is 5.86. The fourth-order valence-electron chi connectivity index (χ4n) is 3.75. The number of rotatable bonds is 7. The molecule has 2 aliphatic rings. The third-order valence-electron chi connectivity index (χ3n) is 5.68. The number of nitrogens with zero attached hydrogens (tertiary/aromatic N) is 3. The molecule has 2 aliphatic heterocycles. The molecule has 30 heavy (non-hydrogen) atoms. The van der Waals surface area contributed by atoms with Gasteiger partial charge in [0.15, 0.2) is 5.96 Å². The third kappa shape index (κ3) is 7.29. The van der Waals surface area contributed by atoms with E-state index < -0.39 is 0 Å². The number of piperidine rings is 1. The van der Waals surface area contributed by atoms with Gasteiger partial charge in [-0.1, -0.05) is 30.3 Å². The van der Waals surface area contributed by atoms with Gasteiger partial charge in [-0.2, -0.15) is 0 Å². The Morgan fingerprint density at radius 1 is 1.20 bits per heavy atom. The van der Waals surface area contributed by atoms with Crippen LogP contribution >= 0.6 is 0 Å². The van der Waals surface area contributed by atoms with Gasteiger partial charge in [-0.3, -0.25) is 4.79 Å². The Kier molecular flexibility index (Phi) is 8.96. The number of carbonyl (C=O) groups excluding carboxylic acids is 1. The molecule has 1 aromatic rings. The lowest BCUT2D eigenvalue weighted by Gasteiger charge is -2.35. The molecule has 2 heterocycles. The summed E-state index contributed by atoms with van der Waals surface area (Å²) in [5.41, 5.74) is 1.15. The van der Waals surface area contributed by atoms with Crippen molar-refractivity contribution >= 4 is 11.9 Å². The Morgan fingerprint density at radius 2 is 1.97 bits per heavy atom. The molecule has 1 N–H and O–H groups in total. The maximum atomic E-state index is 12.0. The van der Waals surface area contributed by atoms with Crippen LogP contribution in [-0.2, 0) is 20.8 Å². The highest BCUT2D eigenvalue weighted by Crippen LogP contribution is 2.18. The van der Waals surface area contributed by atoms with E-state index >= 15 is 0 Å². The zero-order valence-electron chi connectivity index (χ0n) is 18.4. The fraction of sp³-hybridized carbons (Fsp3) is 0.652. The standard InChI is InChI=1S/C23H36N4O3/c1-26(2)22(28)17-25-23(24-16-19-8-4-3-5-9-19)27-13-11-20(12-14-27)30-18-21-10-6-7-15-29-21/h3-5,8-9,20-21H,6-7,10-18H2,1-2H3,(H,24,25). The van der Waals surface area contributed by atoms with E-state index in [0.717, 1.165) is 50.5 Å². The molecule has 1 aromatic carbocycles. The molecule has 7 nitrogen and oxygen atoms in total. The van der Waals surface area contributed by atoms with Crippen LogP contribution in [0.25, 0.3) is 0 Å². The van der Waals surface area contributed by atoms with E-state index in [1.807, 2.05) is 18.2 Å². The minimum atomic E-state index is 0.0353. The molecule has 0 bridgehead atoms. The van der Waals surface area contributed by atoms with Gasteiger partial charge in [0.25, 0.3) is 0 Å². The van der Waals surface area contributed by atoms with Crippen molar-refractivity contribution in [3.05, 3.63) is 35.9 Å². The van der Waals surface area contributed by atoms with Gasteiger partial charge in [0.05, 0.1) is 31.9 Å². The lowest BCUT2D eigenvalue weighted by atomic mass is 10.1. The summed E-state index contributed by atoms with van der Waals surface area (Å²) in [6.07, 6.45) is 5.97. The summed E-state index contributed by atoms with van der Waals surface area (Å²) < 4.78 is 11.9. The molecule has 3 rings (SSSR count). The van der Waals surface area contributed by atoms with Crippen LogP contribution in [0, 0.1) is 0 Å². The summed E-state index contributed by atoms with van der Waals surface area (Å²) >= 11 is 0. The van der Waals surface area contributed by atoms with Crippen LogP contribution in [0.2, 0.25) is 0 Å². The van der Waals surface area contributed by atoms with E-state index in [1.54, 1.807) is 19.0 Å². The molecule has 0 aliphatic carbocycles. The number of benzene rings is 1. The highest BCUT2D eigenvalue weighted by atomic mass is 16.5. The normalized spacial score (nSPS) is 20.8. The van der Waals surface area contributed by atoms with Gasteiger partial charge < -0.3 is 24.6 Å². The number of carbonyl (C=O) groups is 1. The van der Waals surface area contributed by atoms with Gasteiger partial charge in [0.2, 0.25) is 5.91 Å². The van der Waals surface area contributed by atoms with E-state index in [1.165, 1.54) is 12.8 Å². The predicted molar refractivity (Wildman–Crippen MR) is 118 cm³/mol. The van der Waals surface area contributed by atoms with Crippen LogP contribution in [0.3, 0.4) is 0 Å². The van der Waals surface area contributed by atoms with Crippen LogP contribution in [0.15, 0.2) is 35.3 Å². The van der Waals surface area contributed by atoms with Crippen molar-refractivity contribution in [3.63, 3.8) is 0 Å². The van der Waals surface area contributed by atoms with Gasteiger partial charge in [-0.25, -0.2) is 4.99 Å². The van der Waals surface area contributed by atoms with Crippen molar-refractivity contribution in [3.8, 4) is 0 Å². The number of hydrogen-bond donors (Lipinski definition) is 1. The van der Waals surface area contributed by atoms with Crippen LogP contribution in [0.4, 0.5) is 0 Å². The van der Waals surface area contributed by atoms with Crippen molar-refractivity contribution in [2.75, 3.05) is 46.9 Å². The van der Waals surface area contributed by atoms with E-state index in [-0.39, 0.29) is 24.7 Å². The summed E-state index contributed by atoms with van der Waals surface area (Å²) in [4.78, 5) is 20.7. The minimum Gasteiger partial charge on any atom is -0.376 e. The number of guanidine groups is 1. The average Bonchev–Trinajstić information content (AvgIpc) is 2.79. The first-order valence-electron chi connectivity index (χ1n) is 11.1. The second-order valence-electron chi connectivity index (χ2n) is 8.28. The molecule has 1 atom stereocenters. The average molecular weight is 417 g/mol. The number of aliphatic imine (C=N–C) groups is 1. The Morgan fingerprint density at radius 3 is 2.63 bits per heavy atom. The Labute approximate surface area is 180 Å². The first kappa shape index (κ1) is 22.6. The summed E-state index contributed by atoms with van der Waals surface area (Å²) in [7, 11) is 3.54. The molecule has 0 saturated carbocycles. The summed E-state index contributed by atoms with van der Waals surface area (Å²) in [5, 5.41) is 3.26. The summed E-state index contributed by atoms with van der Waals surface area (Å²) in [6.45, 7) is 4.14. The van der Waals surface area contributed by atoms with Crippen molar-refractivity contribution in [2.24, 2.45) is 4.99 Å². The summed E-state index contributed by atoms with van der Waals surface area (Å²) in [6, 6.07) is 10.2. The first-order chi connectivity index (χ1) is 14.6. The number of likely N-dealkylation sites (tertiary alicyclic amines) is 1. The van der Waals surface area contributed by atoms with Crippen LogP contribution in [-0.4, -0.2) is 80.8 Å². The minimum absolute atomic E-state index is 0.0353. The number of amides is 1. The molecule has 2 saturated heterocycles. The number of nitrogens with one attached hydrogen (secondary N) is 1. The van der Waals surface area contributed by atoms with Crippen LogP contribution in [0.5, 0.6) is 0 Å². The Balaban J connectivity index is 1.51. The van der Waals surface area contributed by atoms with Crippen LogP contribution in [0.1, 0.15) is 37.7 Å². The van der Waals surface area contributed by atoms with E-state index in [4.69, 9.17) is 14.5 Å². The Hall–Kier alpha value is -2.12. The fourth-order valence-corrected chi connectivity index (χ4v) is 3.75. The van der Waals surface area contributed by atoms with Gasteiger partial charge in [-0.05, 0) is 37.7 Å². The molecule has 0 spiro atoms. The molecule has 166 valence electrons. The monoisotopic (exact) mass is 416 g/mol. The molecule has 2 fully saturated rings. The molecule has 0 radical (unpaired) electrons. The van der Waals surface area contributed by atoms with Crippen molar-refractivity contribution in [2.45, 2.75) is 50.9 Å². The van der Waals surface area contributed by atoms with E-state index in [9.17, 15) is 4.79 Å². The lowest BCUT2D eigenvalue weighted by molar-refractivity contribution is -0.127. The molecular weight excluding hydrogens is 380 g/mol. The summed E-state index contributed by atoms with van der Waals surface area (Å²) in [5.74, 6) is 0.830. The lowest BCUT2D eigenvalue weighted by Crippen LogP contribution is -2.49. The molecule has 1 unspecified atom stereocenters. The second kappa shape index (κ2) is 11.9. The largest absolute Gasteiger partial charge is 0.376 e. The first-order valence-corrected chi connectivity index (χ1v) is 11.1. The topological polar surface area (TPSA) is 66.4 Å². The SMILES string of the molecule is CN(C)C(=O)CNC(=NCc1ccccc1)N1CCC(OCC2CCCCO2)CC1. The molecule has 0 aromatic heterocycles. The molecule has 1 amide bonds. The van der Waals surface area contributed by atoms with E-state index in [0.29, 0.717) is 13.2 Å². The Bertz CT molecular complexity index is 666. The number of likely N-dealkylation sites (N-methyl/N-ethyl adjacent to an activating group) is 1. The van der Waals surface area contributed by atoms with Crippen molar-refractivity contribution in [1.29, 1.82) is 0 Å². The smallest absolute Gasteiger partial charge is 0.241 e. The second-order valence-corrected chi connectivity index (χ2v) is 8.28. The zero-order valence-corrected chi connectivity index (χ0v) is 18.4. The zero-order chi connectivity index (χ0) is 21.2. The van der Waals surface area contributed by atoms with Gasteiger partial charge >= 0.3 is 0 Å². The van der Waals surface area contributed by atoms with Gasteiger partial charge in [0, 0.05) is 33.8 Å². The van der Waals surface area contributed by atoms with Gasteiger partial charge in [0.1, 0.15) is 0 Å². The molecule has 7 heteroatoms. The maximum Gasteiger partial charge on any atom is 0.241 e. The third-order valence-corrected chi connectivity index (χ3v) is 5.68. The van der Waals surface area contributed by atoms with Crippen molar-refractivity contribution < 1.29 is 14.3 Å². The predicted octanol–water partition coefficient (Wildman–Crippen LogP) is 2.27. The number of ether oxygens (including phenoxy) is 2. The maximum absolute atomic E-state index is 12.0. The highest BCUT2D eigenvalue weighted by Gasteiger charge is 2.24. The number of hydrogen-bond acceptors (Lipinski definition) is 4. The van der Waals surface area contributed by atoms with Crippen molar-refractivity contribution in [1.82, 2.24) is 15.1 Å². The van der Waals surface area contributed by atoms with Gasteiger partial charge in [-0.15, -0.1) is 0 Å². The van der Waals surface area contributed by atoms with Crippen LogP contribution < -0.4 is 5.32 Å². The molecular formula is C23H36N4O3. The van der Waals surface area contributed by atoms with E-state index in [2.05, 4.69) is 22.3 Å². The quantitative estimate of drug-likeness (QED) is 0.546.